The Morgan fingerprint density at radius 2 is 1.91 bits per heavy atom. The Bertz CT molecular complexity index is 653. The molecule has 0 aliphatic carbocycles. The van der Waals surface area contributed by atoms with E-state index in [0.29, 0.717) is 18.2 Å². The topological polar surface area (TPSA) is 58.1 Å². The molecular weight excluding hydrogens is 283 g/mol. The van der Waals surface area contributed by atoms with E-state index < -0.39 is 0 Å². The first-order valence-electron chi connectivity index (χ1n) is 7.33. The zero-order valence-corrected chi connectivity index (χ0v) is 12.1. The number of halogens is 1. The van der Waals surface area contributed by atoms with Gasteiger partial charge in [-0.1, -0.05) is 12.1 Å². The van der Waals surface area contributed by atoms with Gasteiger partial charge in [-0.2, -0.15) is 0 Å². The van der Waals surface area contributed by atoms with Gasteiger partial charge in [0.05, 0.1) is 0 Å². The van der Waals surface area contributed by atoms with Gasteiger partial charge in [0.2, 0.25) is 5.95 Å². The van der Waals surface area contributed by atoms with Crippen molar-refractivity contribution in [3.05, 3.63) is 53.6 Å². The third-order valence-corrected chi connectivity index (χ3v) is 3.63. The van der Waals surface area contributed by atoms with Crippen molar-refractivity contribution in [2.45, 2.75) is 19.4 Å². The second-order valence-corrected chi connectivity index (χ2v) is 5.24. The number of rotatable bonds is 4. The van der Waals surface area contributed by atoms with Crippen molar-refractivity contribution in [3.63, 3.8) is 0 Å². The Balaban J connectivity index is 1.65. The highest BCUT2D eigenvalue weighted by atomic mass is 19.1. The highest BCUT2D eigenvalue weighted by molar-refractivity contribution is 5.92. The fraction of sp³-hybridized carbons (Fsp3) is 0.312. The quantitative estimate of drug-likeness (QED) is 0.942. The molecule has 114 valence electrons. The molecule has 0 spiro atoms. The number of amides is 1. The molecule has 0 unspecified atom stereocenters. The summed E-state index contributed by atoms with van der Waals surface area (Å²) in [6, 6.07) is 7.84. The zero-order chi connectivity index (χ0) is 15.4. The van der Waals surface area contributed by atoms with Gasteiger partial charge in [-0.25, -0.2) is 14.4 Å². The van der Waals surface area contributed by atoms with Crippen molar-refractivity contribution in [3.8, 4) is 0 Å². The summed E-state index contributed by atoms with van der Waals surface area (Å²) in [6.07, 6.45) is 3.67. The van der Waals surface area contributed by atoms with Crippen LogP contribution in [-0.2, 0) is 6.54 Å². The van der Waals surface area contributed by atoms with E-state index in [-0.39, 0.29) is 11.7 Å². The van der Waals surface area contributed by atoms with Crippen LogP contribution >= 0.6 is 0 Å². The molecule has 3 rings (SSSR count). The molecule has 1 fully saturated rings. The van der Waals surface area contributed by atoms with Crippen LogP contribution in [0.1, 0.15) is 28.9 Å². The standard InChI is InChI=1S/C16H17FN4O/c17-13-5-3-12(4-6-13)11-19-16-18-8-7-14(20-16)15(22)21-9-1-2-10-21/h3-8H,1-2,9-11H2,(H,18,19,20). The first kappa shape index (κ1) is 14.4. The van der Waals surface area contributed by atoms with Gasteiger partial charge in [0, 0.05) is 25.8 Å². The molecule has 0 radical (unpaired) electrons. The molecule has 22 heavy (non-hydrogen) atoms. The SMILES string of the molecule is O=C(c1ccnc(NCc2ccc(F)cc2)n1)N1CCCC1. The van der Waals surface area contributed by atoms with Crippen LogP contribution in [-0.4, -0.2) is 33.9 Å². The molecule has 5 nitrogen and oxygen atoms in total. The van der Waals surface area contributed by atoms with E-state index >= 15 is 0 Å². The van der Waals surface area contributed by atoms with Crippen LogP contribution < -0.4 is 5.32 Å². The lowest BCUT2D eigenvalue weighted by molar-refractivity contribution is 0.0787. The lowest BCUT2D eigenvalue weighted by Crippen LogP contribution is -2.28. The summed E-state index contributed by atoms with van der Waals surface area (Å²) in [7, 11) is 0. The van der Waals surface area contributed by atoms with Crippen LogP contribution in [0.2, 0.25) is 0 Å². The molecule has 1 saturated heterocycles. The molecule has 1 N–H and O–H groups in total. The summed E-state index contributed by atoms with van der Waals surface area (Å²) in [6.45, 7) is 2.06. The van der Waals surface area contributed by atoms with Crippen LogP contribution in [0.15, 0.2) is 36.5 Å². The average Bonchev–Trinajstić information content (AvgIpc) is 3.08. The van der Waals surface area contributed by atoms with Crippen molar-refractivity contribution < 1.29 is 9.18 Å². The largest absolute Gasteiger partial charge is 0.350 e. The molecule has 1 aromatic heterocycles. The molecule has 1 aliphatic heterocycles. The first-order chi connectivity index (χ1) is 10.7. The number of aromatic nitrogens is 2. The monoisotopic (exact) mass is 300 g/mol. The van der Waals surface area contributed by atoms with Crippen molar-refractivity contribution in [2.75, 3.05) is 18.4 Å². The van der Waals surface area contributed by atoms with Gasteiger partial charge in [-0.3, -0.25) is 4.79 Å². The second kappa shape index (κ2) is 6.51. The Labute approximate surface area is 128 Å². The molecule has 2 aromatic rings. The minimum absolute atomic E-state index is 0.0512. The highest BCUT2D eigenvalue weighted by Gasteiger charge is 2.20. The summed E-state index contributed by atoms with van der Waals surface area (Å²) in [5, 5.41) is 3.05. The highest BCUT2D eigenvalue weighted by Crippen LogP contribution is 2.12. The minimum atomic E-state index is -0.266. The molecule has 0 saturated carbocycles. The van der Waals surface area contributed by atoms with Crippen molar-refractivity contribution in [2.24, 2.45) is 0 Å². The Morgan fingerprint density at radius 3 is 2.64 bits per heavy atom. The van der Waals surface area contributed by atoms with E-state index in [0.717, 1.165) is 31.5 Å². The number of hydrogen-bond donors (Lipinski definition) is 1. The number of anilines is 1. The first-order valence-corrected chi connectivity index (χ1v) is 7.33. The minimum Gasteiger partial charge on any atom is -0.350 e. The number of hydrogen-bond acceptors (Lipinski definition) is 4. The molecular formula is C16H17FN4O. The normalized spacial score (nSPS) is 14.1. The van der Waals surface area contributed by atoms with Gasteiger partial charge in [-0.05, 0) is 36.6 Å². The third-order valence-electron chi connectivity index (χ3n) is 3.63. The summed E-state index contributed by atoms with van der Waals surface area (Å²) in [5.41, 5.74) is 1.32. The number of carbonyl (C=O) groups is 1. The lowest BCUT2D eigenvalue weighted by Gasteiger charge is -2.14. The average molecular weight is 300 g/mol. The Hall–Kier alpha value is -2.50. The van der Waals surface area contributed by atoms with Gasteiger partial charge in [0.1, 0.15) is 11.5 Å². The van der Waals surface area contributed by atoms with E-state index in [1.54, 1.807) is 24.4 Å². The van der Waals surface area contributed by atoms with E-state index in [4.69, 9.17) is 0 Å². The van der Waals surface area contributed by atoms with Crippen LogP contribution in [0.4, 0.5) is 10.3 Å². The molecule has 1 aliphatic rings. The van der Waals surface area contributed by atoms with Gasteiger partial charge in [0.25, 0.3) is 5.91 Å². The Kier molecular flexibility index (Phi) is 4.27. The molecule has 6 heteroatoms. The van der Waals surface area contributed by atoms with E-state index in [1.165, 1.54) is 12.1 Å². The molecule has 0 bridgehead atoms. The fourth-order valence-electron chi connectivity index (χ4n) is 2.43. The van der Waals surface area contributed by atoms with E-state index in [9.17, 15) is 9.18 Å². The van der Waals surface area contributed by atoms with Gasteiger partial charge in [-0.15, -0.1) is 0 Å². The predicted octanol–water partition coefficient (Wildman–Crippen LogP) is 2.46. The fourth-order valence-corrected chi connectivity index (χ4v) is 2.43. The second-order valence-electron chi connectivity index (χ2n) is 5.24. The zero-order valence-electron chi connectivity index (χ0n) is 12.1. The smallest absolute Gasteiger partial charge is 0.272 e. The third kappa shape index (κ3) is 3.39. The van der Waals surface area contributed by atoms with E-state index in [1.807, 2.05) is 4.90 Å². The van der Waals surface area contributed by atoms with Crippen LogP contribution in [0.5, 0.6) is 0 Å². The van der Waals surface area contributed by atoms with Crippen LogP contribution in [0, 0.1) is 5.82 Å². The Morgan fingerprint density at radius 1 is 1.18 bits per heavy atom. The van der Waals surface area contributed by atoms with Crippen LogP contribution in [0.25, 0.3) is 0 Å². The van der Waals surface area contributed by atoms with Crippen molar-refractivity contribution >= 4 is 11.9 Å². The predicted molar refractivity (Wildman–Crippen MR) is 80.9 cm³/mol. The maximum Gasteiger partial charge on any atom is 0.272 e. The summed E-state index contributed by atoms with van der Waals surface area (Å²) < 4.78 is 12.9. The number of nitrogens with zero attached hydrogens (tertiary/aromatic N) is 3. The summed E-state index contributed by atoms with van der Waals surface area (Å²) >= 11 is 0. The van der Waals surface area contributed by atoms with Gasteiger partial charge in [0.15, 0.2) is 0 Å². The van der Waals surface area contributed by atoms with Crippen molar-refractivity contribution in [1.29, 1.82) is 0 Å². The number of nitrogens with one attached hydrogen (secondary N) is 1. The maximum absolute atomic E-state index is 12.9. The molecule has 1 aromatic carbocycles. The lowest BCUT2D eigenvalue weighted by atomic mass is 10.2. The van der Waals surface area contributed by atoms with Crippen LogP contribution in [0.3, 0.4) is 0 Å². The number of carbonyl (C=O) groups excluding carboxylic acids is 1. The number of likely N-dealkylation sites (tertiary alicyclic amines) is 1. The molecule has 0 atom stereocenters. The summed E-state index contributed by atoms with van der Waals surface area (Å²) in [5.74, 6) is 0.0808. The van der Waals surface area contributed by atoms with Crippen molar-refractivity contribution in [1.82, 2.24) is 14.9 Å². The van der Waals surface area contributed by atoms with E-state index in [2.05, 4.69) is 15.3 Å². The molecule has 1 amide bonds. The van der Waals surface area contributed by atoms with Gasteiger partial charge < -0.3 is 10.2 Å². The number of benzene rings is 1. The van der Waals surface area contributed by atoms with Gasteiger partial charge >= 0.3 is 0 Å². The maximum atomic E-state index is 12.9. The molecule has 2 heterocycles. The summed E-state index contributed by atoms with van der Waals surface area (Å²) in [4.78, 5) is 22.5.